The zero-order valence-corrected chi connectivity index (χ0v) is 20.1. The average molecular weight is 483 g/mol. The standard InChI is InChI=1S/C24H23ClN4O5/c1-14-8-6-7-9-17(14)20(30)16-11-10-15-12-18(22(31)33-19(15)13-16)21(25)27-34-24(32)26-23(28(2)3)29(4)5/h6-13H,1-5H3/b27-21-. The molecular formula is C24H23ClN4O5. The number of rotatable bonds is 4. The number of benzene rings is 2. The van der Waals surface area contributed by atoms with E-state index in [0.717, 1.165) is 5.56 Å². The molecule has 0 fully saturated rings. The molecule has 1 heterocycles. The molecule has 1 aromatic heterocycles. The van der Waals surface area contributed by atoms with E-state index >= 15 is 0 Å². The number of halogens is 1. The van der Waals surface area contributed by atoms with Gasteiger partial charge in [0.15, 0.2) is 11.0 Å². The Morgan fingerprint density at radius 2 is 1.65 bits per heavy atom. The largest absolute Gasteiger partial charge is 0.463 e. The Balaban J connectivity index is 1.87. The van der Waals surface area contributed by atoms with Crippen LogP contribution >= 0.6 is 11.6 Å². The highest BCUT2D eigenvalue weighted by Gasteiger charge is 2.16. The molecule has 3 aromatic rings. The van der Waals surface area contributed by atoms with Crippen molar-refractivity contribution in [1.29, 1.82) is 0 Å². The second kappa shape index (κ2) is 10.3. The molecule has 0 aliphatic rings. The number of aryl methyl sites for hydroxylation is 1. The summed E-state index contributed by atoms with van der Waals surface area (Å²) >= 11 is 6.09. The minimum absolute atomic E-state index is 0.107. The number of guanidine groups is 1. The van der Waals surface area contributed by atoms with Crippen molar-refractivity contribution in [2.45, 2.75) is 6.92 Å². The van der Waals surface area contributed by atoms with E-state index in [9.17, 15) is 14.4 Å². The van der Waals surface area contributed by atoms with Crippen molar-refractivity contribution < 1.29 is 18.8 Å². The molecule has 9 nitrogen and oxygen atoms in total. The number of aliphatic imine (C=N–C) groups is 1. The summed E-state index contributed by atoms with van der Waals surface area (Å²) in [5.74, 6) is 0.145. The molecule has 0 aliphatic carbocycles. The highest BCUT2D eigenvalue weighted by molar-refractivity contribution is 6.69. The molecule has 0 spiro atoms. The van der Waals surface area contributed by atoms with Crippen LogP contribution < -0.4 is 5.63 Å². The van der Waals surface area contributed by atoms with Gasteiger partial charge >= 0.3 is 11.7 Å². The first-order chi connectivity index (χ1) is 16.1. The lowest BCUT2D eigenvalue weighted by molar-refractivity contribution is 0.103. The normalized spacial score (nSPS) is 11.2. The van der Waals surface area contributed by atoms with Crippen molar-refractivity contribution in [3.63, 3.8) is 0 Å². The number of oxime groups is 1. The van der Waals surface area contributed by atoms with Gasteiger partial charge in [-0.2, -0.15) is 0 Å². The predicted octanol–water partition coefficient (Wildman–Crippen LogP) is 3.85. The minimum Gasteiger partial charge on any atom is -0.422 e. The molecule has 0 atom stereocenters. The van der Waals surface area contributed by atoms with Crippen LogP contribution in [0.2, 0.25) is 0 Å². The minimum atomic E-state index is -1.01. The van der Waals surface area contributed by atoms with Crippen LogP contribution in [0.4, 0.5) is 4.79 Å². The Kier molecular flexibility index (Phi) is 7.47. The molecule has 10 heteroatoms. The van der Waals surface area contributed by atoms with Gasteiger partial charge < -0.3 is 14.2 Å². The van der Waals surface area contributed by atoms with E-state index in [2.05, 4.69) is 10.1 Å². The number of hydrogen-bond acceptors (Lipinski definition) is 6. The van der Waals surface area contributed by atoms with E-state index < -0.39 is 11.7 Å². The van der Waals surface area contributed by atoms with Gasteiger partial charge in [0.25, 0.3) is 0 Å². The third-order valence-corrected chi connectivity index (χ3v) is 5.08. The molecule has 1 amide bonds. The molecule has 3 rings (SSSR count). The van der Waals surface area contributed by atoms with E-state index in [4.69, 9.17) is 20.9 Å². The maximum absolute atomic E-state index is 12.9. The molecule has 0 N–H and O–H groups in total. The van der Waals surface area contributed by atoms with Gasteiger partial charge in [-0.1, -0.05) is 53.2 Å². The van der Waals surface area contributed by atoms with Crippen LogP contribution in [0.5, 0.6) is 0 Å². The van der Waals surface area contributed by atoms with Gasteiger partial charge in [0.2, 0.25) is 5.96 Å². The predicted molar refractivity (Wildman–Crippen MR) is 131 cm³/mol. The Labute approximate surface area is 200 Å². The quantitative estimate of drug-likeness (QED) is 0.139. The lowest BCUT2D eigenvalue weighted by atomic mass is 9.98. The second-order valence-electron chi connectivity index (χ2n) is 7.78. The van der Waals surface area contributed by atoms with Crippen LogP contribution in [0.3, 0.4) is 0 Å². The summed E-state index contributed by atoms with van der Waals surface area (Å²) in [6, 6.07) is 13.4. The number of carbonyl (C=O) groups is 2. The molecule has 0 unspecified atom stereocenters. The monoisotopic (exact) mass is 482 g/mol. The summed E-state index contributed by atoms with van der Waals surface area (Å²) in [5.41, 5.74) is 1.08. The van der Waals surface area contributed by atoms with Crippen molar-refractivity contribution in [3.8, 4) is 0 Å². The number of fused-ring (bicyclic) bond motifs is 1. The Morgan fingerprint density at radius 3 is 2.29 bits per heavy atom. The van der Waals surface area contributed by atoms with Gasteiger partial charge in [-0.15, -0.1) is 4.99 Å². The fourth-order valence-electron chi connectivity index (χ4n) is 3.21. The van der Waals surface area contributed by atoms with E-state index in [-0.39, 0.29) is 22.1 Å². The van der Waals surface area contributed by atoms with Crippen LogP contribution in [0.1, 0.15) is 27.0 Å². The molecular weight excluding hydrogens is 460 g/mol. The van der Waals surface area contributed by atoms with Crippen molar-refractivity contribution in [3.05, 3.63) is 81.2 Å². The van der Waals surface area contributed by atoms with E-state index in [0.29, 0.717) is 22.5 Å². The number of ketones is 1. The Hall–Kier alpha value is -3.98. The van der Waals surface area contributed by atoms with Crippen LogP contribution in [-0.4, -0.2) is 61.0 Å². The van der Waals surface area contributed by atoms with Crippen LogP contribution in [-0.2, 0) is 4.84 Å². The number of amides is 1. The Morgan fingerprint density at radius 1 is 0.971 bits per heavy atom. The number of carbonyl (C=O) groups excluding carboxylic acids is 2. The molecule has 0 aliphatic heterocycles. The zero-order chi connectivity index (χ0) is 25.0. The molecule has 0 saturated carbocycles. The lowest BCUT2D eigenvalue weighted by Gasteiger charge is -2.21. The van der Waals surface area contributed by atoms with Crippen molar-refractivity contribution >= 4 is 45.6 Å². The van der Waals surface area contributed by atoms with Gasteiger partial charge in [0.1, 0.15) is 11.1 Å². The SMILES string of the molecule is Cc1ccccc1C(=O)c1ccc2cc(/C(Cl)=N/OC(=O)N=C(N(C)C)N(C)C)c(=O)oc2c1. The summed E-state index contributed by atoms with van der Waals surface area (Å²) in [6.45, 7) is 1.85. The molecule has 0 bridgehead atoms. The smallest absolute Gasteiger partial charge is 0.422 e. The maximum atomic E-state index is 12.9. The maximum Gasteiger partial charge on any atom is 0.463 e. The Bertz CT molecular complexity index is 1370. The van der Waals surface area contributed by atoms with Gasteiger partial charge in [0.05, 0.1) is 0 Å². The lowest BCUT2D eigenvalue weighted by Crippen LogP contribution is -2.36. The number of hydrogen-bond donors (Lipinski definition) is 0. The first kappa shape index (κ1) is 24.7. The van der Waals surface area contributed by atoms with E-state index in [1.807, 2.05) is 19.1 Å². The number of nitrogens with zero attached hydrogens (tertiary/aromatic N) is 4. The van der Waals surface area contributed by atoms with E-state index in [1.54, 1.807) is 62.3 Å². The van der Waals surface area contributed by atoms with Gasteiger partial charge in [-0.3, -0.25) is 9.63 Å². The fraction of sp³-hybridized carbons (Fsp3) is 0.208. The van der Waals surface area contributed by atoms with Crippen molar-refractivity contribution in [1.82, 2.24) is 9.80 Å². The highest BCUT2D eigenvalue weighted by atomic mass is 35.5. The topological polar surface area (TPSA) is 105 Å². The molecule has 0 saturated heterocycles. The van der Waals surface area contributed by atoms with Gasteiger partial charge in [-0.25, -0.2) is 9.59 Å². The third-order valence-electron chi connectivity index (χ3n) is 4.81. The summed E-state index contributed by atoms with van der Waals surface area (Å²) in [4.78, 5) is 49.0. The van der Waals surface area contributed by atoms with Gasteiger partial charge in [0, 0.05) is 44.7 Å². The van der Waals surface area contributed by atoms with Crippen molar-refractivity contribution in [2.75, 3.05) is 28.2 Å². The first-order valence-corrected chi connectivity index (χ1v) is 10.5. The molecule has 2 aromatic carbocycles. The molecule has 176 valence electrons. The zero-order valence-electron chi connectivity index (χ0n) is 19.3. The summed E-state index contributed by atoms with van der Waals surface area (Å²) in [7, 11) is 6.84. The van der Waals surface area contributed by atoms with Crippen molar-refractivity contribution in [2.24, 2.45) is 10.1 Å². The fourth-order valence-corrected chi connectivity index (χ4v) is 3.38. The van der Waals surface area contributed by atoms with Crippen LogP contribution in [0, 0.1) is 6.92 Å². The second-order valence-corrected chi connectivity index (χ2v) is 8.14. The van der Waals surface area contributed by atoms with Gasteiger partial charge in [-0.05, 0) is 24.6 Å². The molecule has 34 heavy (non-hydrogen) atoms. The summed E-state index contributed by atoms with van der Waals surface area (Å²) < 4.78 is 5.35. The highest BCUT2D eigenvalue weighted by Crippen LogP contribution is 2.20. The van der Waals surface area contributed by atoms with E-state index in [1.165, 1.54) is 12.1 Å². The van der Waals surface area contributed by atoms with Crippen LogP contribution in [0.15, 0.2) is 67.9 Å². The first-order valence-electron chi connectivity index (χ1n) is 10.1. The summed E-state index contributed by atoms with van der Waals surface area (Å²) in [6.07, 6.45) is -1.01. The third kappa shape index (κ3) is 5.49. The van der Waals surface area contributed by atoms with Crippen LogP contribution in [0.25, 0.3) is 11.0 Å². The summed E-state index contributed by atoms with van der Waals surface area (Å²) in [5, 5.41) is 3.63. The molecule has 0 radical (unpaired) electrons. The average Bonchev–Trinajstić information content (AvgIpc) is 2.79.